The van der Waals surface area contributed by atoms with E-state index < -0.39 is 17.7 Å². The van der Waals surface area contributed by atoms with Crippen LogP contribution in [0.15, 0.2) is 42.6 Å². The van der Waals surface area contributed by atoms with Crippen molar-refractivity contribution in [2.45, 2.75) is 33.3 Å². The molecule has 3 rings (SSSR count). The lowest BCUT2D eigenvalue weighted by molar-refractivity contribution is -0.116. The van der Waals surface area contributed by atoms with Crippen molar-refractivity contribution in [2.24, 2.45) is 0 Å². The van der Waals surface area contributed by atoms with Gasteiger partial charge < -0.3 is 19.5 Å². The predicted molar refractivity (Wildman–Crippen MR) is 114 cm³/mol. The van der Waals surface area contributed by atoms with Crippen LogP contribution in [0.5, 0.6) is 11.6 Å². The van der Waals surface area contributed by atoms with E-state index >= 15 is 0 Å². The third kappa shape index (κ3) is 4.82. The molecule has 0 atom stereocenters. The lowest BCUT2D eigenvalue weighted by Crippen LogP contribution is -2.28. The summed E-state index contributed by atoms with van der Waals surface area (Å²) >= 11 is 0. The first-order chi connectivity index (χ1) is 14.5. The Balaban J connectivity index is 1.96. The monoisotopic (exact) mass is 425 g/mol. The normalized spacial score (nSPS) is 11.3. The first-order valence-electron chi connectivity index (χ1n) is 9.46. The SMILES string of the molecule is CC(=O)N(C)c1ccc(Oc2ccc3cc(C(=O)O)n(C(=O)OC(C)(C)C)c3c2)nc1. The van der Waals surface area contributed by atoms with Gasteiger partial charge in [0.15, 0.2) is 0 Å². The summed E-state index contributed by atoms with van der Waals surface area (Å²) in [4.78, 5) is 41.4. The second-order valence-corrected chi connectivity index (χ2v) is 7.91. The van der Waals surface area contributed by atoms with Crippen LogP contribution in [0, 0.1) is 0 Å². The van der Waals surface area contributed by atoms with Crippen molar-refractivity contribution in [1.29, 1.82) is 0 Å². The predicted octanol–water partition coefficient (Wildman–Crippen LogP) is 4.29. The van der Waals surface area contributed by atoms with Crippen molar-refractivity contribution in [3.05, 3.63) is 48.3 Å². The molecule has 9 nitrogen and oxygen atoms in total. The molecule has 3 aromatic rings. The third-order valence-electron chi connectivity index (χ3n) is 4.37. The highest BCUT2D eigenvalue weighted by molar-refractivity contribution is 6.01. The van der Waals surface area contributed by atoms with E-state index in [1.165, 1.54) is 24.1 Å². The molecule has 9 heteroatoms. The van der Waals surface area contributed by atoms with Crippen LogP contribution in [0.4, 0.5) is 10.5 Å². The minimum Gasteiger partial charge on any atom is -0.477 e. The molecule has 0 saturated carbocycles. The Bertz CT molecular complexity index is 1160. The number of carbonyl (C=O) groups excluding carboxylic acids is 2. The van der Waals surface area contributed by atoms with Crippen molar-refractivity contribution < 1.29 is 29.0 Å². The Morgan fingerprint density at radius 1 is 1.10 bits per heavy atom. The Kier molecular flexibility index (Phi) is 5.70. The maximum absolute atomic E-state index is 12.7. The maximum atomic E-state index is 12.7. The van der Waals surface area contributed by atoms with Gasteiger partial charge in [-0.1, -0.05) is 0 Å². The molecule has 1 amide bonds. The minimum atomic E-state index is -1.25. The number of anilines is 1. The highest BCUT2D eigenvalue weighted by Gasteiger charge is 2.25. The molecule has 0 spiro atoms. The molecule has 1 aromatic carbocycles. The summed E-state index contributed by atoms with van der Waals surface area (Å²) in [6.07, 6.45) is 0.702. The summed E-state index contributed by atoms with van der Waals surface area (Å²) in [5.74, 6) is -0.754. The number of ether oxygens (including phenoxy) is 2. The van der Waals surface area contributed by atoms with E-state index in [0.717, 1.165) is 4.57 Å². The Hall–Kier alpha value is -3.88. The summed E-state index contributed by atoms with van der Waals surface area (Å²) in [7, 11) is 1.64. The number of amides is 1. The fourth-order valence-corrected chi connectivity index (χ4v) is 2.84. The van der Waals surface area contributed by atoms with E-state index in [4.69, 9.17) is 9.47 Å². The van der Waals surface area contributed by atoms with Gasteiger partial charge in [-0.25, -0.2) is 19.1 Å². The molecule has 31 heavy (non-hydrogen) atoms. The second kappa shape index (κ2) is 8.10. The number of pyridine rings is 1. The highest BCUT2D eigenvalue weighted by atomic mass is 16.6. The summed E-state index contributed by atoms with van der Waals surface area (Å²) in [6, 6.07) is 9.53. The number of rotatable bonds is 4. The van der Waals surface area contributed by atoms with Crippen LogP contribution in [0.3, 0.4) is 0 Å². The molecule has 0 aliphatic carbocycles. The molecule has 2 heterocycles. The van der Waals surface area contributed by atoms with Crippen LogP contribution in [0.1, 0.15) is 38.2 Å². The number of benzene rings is 1. The number of aromatic nitrogens is 2. The van der Waals surface area contributed by atoms with E-state index in [1.807, 2.05) is 0 Å². The smallest absolute Gasteiger partial charge is 0.419 e. The molecule has 0 unspecified atom stereocenters. The zero-order chi connectivity index (χ0) is 22.9. The van der Waals surface area contributed by atoms with E-state index in [2.05, 4.69) is 4.98 Å². The van der Waals surface area contributed by atoms with Crippen molar-refractivity contribution in [1.82, 2.24) is 9.55 Å². The van der Waals surface area contributed by atoms with Crippen LogP contribution in [0.25, 0.3) is 10.9 Å². The van der Waals surface area contributed by atoms with Crippen LogP contribution < -0.4 is 9.64 Å². The summed E-state index contributed by atoms with van der Waals surface area (Å²) in [6.45, 7) is 6.55. The Morgan fingerprint density at radius 3 is 2.35 bits per heavy atom. The molecule has 162 valence electrons. The molecule has 0 fully saturated rings. The Morgan fingerprint density at radius 2 is 1.81 bits per heavy atom. The van der Waals surface area contributed by atoms with Crippen LogP contribution in [-0.2, 0) is 9.53 Å². The number of aromatic carboxylic acids is 1. The number of hydrogen-bond donors (Lipinski definition) is 1. The molecular formula is C22H23N3O6. The average Bonchev–Trinajstić information content (AvgIpc) is 3.06. The molecule has 0 aliphatic heterocycles. The van der Waals surface area contributed by atoms with Gasteiger partial charge in [-0.05, 0) is 45.0 Å². The van der Waals surface area contributed by atoms with Gasteiger partial charge >= 0.3 is 12.1 Å². The standard InChI is InChI=1S/C22H23N3O6/c1-13(26)24(5)15-7-9-19(23-12-15)30-16-8-6-14-10-18(20(27)28)25(17(14)11-16)21(29)31-22(2,3)4/h6-12H,1-5H3,(H,27,28). The first-order valence-corrected chi connectivity index (χ1v) is 9.46. The molecular weight excluding hydrogens is 402 g/mol. The van der Waals surface area contributed by atoms with Gasteiger partial charge in [-0.2, -0.15) is 0 Å². The van der Waals surface area contributed by atoms with Crippen molar-refractivity contribution >= 4 is 34.6 Å². The number of hydrogen-bond acceptors (Lipinski definition) is 6. The summed E-state index contributed by atoms with van der Waals surface area (Å²) in [5, 5.41) is 10.1. The molecule has 1 N–H and O–H groups in total. The largest absolute Gasteiger partial charge is 0.477 e. The van der Waals surface area contributed by atoms with E-state index in [1.54, 1.807) is 58.2 Å². The summed E-state index contributed by atoms with van der Waals surface area (Å²) < 4.78 is 12.1. The Labute approximate surface area is 178 Å². The van der Waals surface area contributed by atoms with Gasteiger partial charge in [-0.3, -0.25) is 4.79 Å². The van der Waals surface area contributed by atoms with Gasteiger partial charge in [0.1, 0.15) is 17.0 Å². The lowest BCUT2D eigenvalue weighted by atomic mass is 10.2. The highest BCUT2D eigenvalue weighted by Crippen LogP contribution is 2.29. The van der Waals surface area contributed by atoms with Gasteiger partial charge in [0.25, 0.3) is 0 Å². The molecule has 2 aromatic heterocycles. The average molecular weight is 425 g/mol. The summed E-state index contributed by atoms with van der Waals surface area (Å²) in [5.41, 5.74) is -0.0653. The van der Waals surface area contributed by atoms with Gasteiger partial charge in [-0.15, -0.1) is 0 Å². The van der Waals surface area contributed by atoms with Crippen LogP contribution in [0.2, 0.25) is 0 Å². The van der Waals surface area contributed by atoms with Crippen molar-refractivity contribution in [2.75, 3.05) is 11.9 Å². The quantitative estimate of drug-likeness (QED) is 0.664. The molecule has 0 bridgehead atoms. The number of carboxylic acids is 1. The topological polar surface area (TPSA) is 111 Å². The van der Waals surface area contributed by atoms with E-state index in [0.29, 0.717) is 22.3 Å². The number of carboxylic acid groups (broad SMARTS) is 1. The molecule has 0 radical (unpaired) electrons. The van der Waals surface area contributed by atoms with Crippen molar-refractivity contribution in [3.63, 3.8) is 0 Å². The lowest BCUT2D eigenvalue weighted by Gasteiger charge is -2.20. The molecule has 0 aliphatic rings. The number of carbonyl (C=O) groups is 3. The van der Waals surface area contributed by atoms with Crippen LogP contribution in [-0.4, -0.2) is 45.3 Å². The molecule has 0 saturated heterocycles. The minimum absolute atomic E-state index is 0.127. The van der Waals surface area contributed by atoms with E-state index in [-0.39, 0.29) is 17.5 Å². The van der Waals surface area contributed by atoms with Crippen molar-refractivity contribution in [3.8, 4) is 11.6 Å². The van der Waals surface area contributed by atoms with E-state index in [9.17, 15) is 19.5 Å². The fourth-order valence-electron chi connectivity index (χ4n) is 2.84. The van der Waals surface area contributed by atoms with Gasteiger partial charge in [0.05, 0.1) is 17.4 Å². The number of fused-ring (bicyclic) bond motifs is 1. The maximum Gasteiger partial charge on any atom is 0.419 e. The zero-order valence-electron chi connectivity index (χ0n) is 17.9. The zero-order valence-corrected chi connectivity index (χ0v) is 17.9. The first kappa shape index (κ1) is 21.8. The van der Waals surface area contributed by atoms with Gasteiger partial charge in [0.2, 0.25) is 11.8 Å². The number of nitrogens with zero attached hydrogens (tertiary/aromatic N) is 3. The second-order valence-electron chi connectivity index (χ2n) is 7.91. The van der Waals surface area contributed by atoms with Crippen LogP contribution >= 0.6 is 0 Å². The third-order valence-corrected chi connectivity index (χ3v) is 4.37. The van der Waals surface area contributed by atoms with Gasteiger partial charge in [0, 0.05) is 31.5 Å². The fraction of sp³-hybridized carbons (Fsp3) is 0.273.